The number of amides is 1. The summed E-state index contributed by atoms with van der Waals surface area (Å²) in [4.78, 5) is 16.1. The van der Waals surface area contributed by atoms with Crippen molar-refractivity contribution in [3.05, 3.63) is 65.0 Å². The van der Waals surface area contributed by atoms with E-state index in [0.29, 0.717) is 5.56 Å². The van der Waals surface area contributed by atoms with Crippen LogP contribution in [0.25, 0.3) is 11.3 Å². The molecule has 0 aliphatic rings. The lowest BCUT2D eigenvalue weighted by Crippen LogP contribution is -2.12. The molecular formula is C15H11BrN4O. The summed E-state index contributed by atoms with van der Waals surface area (Å²) >= 11 is 3.30. The number of nitrogens with one attached hydrogen (secondary N) is 2. The van der Waals surface area contributed by atoms with E-state index in [0.717, 1.165) is 21.4 Å². The fraction of sp³-hybridized carbons (Fsp3) is 0. The van der Waals surface area contributed by atoms with E-state index < -0.39 is 0 Å². The molecule has 2 heterocycles. The number of H-pyrrole nitrogens is 1. The van der Waals surface area contributed by atoms with Crippen LogP contribution < -0.4 is 5.32 Å². The van der Waals surface area contributed by atoms with Crippen LogP contribution in [0.15, 0.2) is 59.5 Å². The first-order chi connectivity index (χ1) is 10.2. The number of aromatic amines is 1. The summed E-state index contributed by atoms with van der Waals surface area (Å²) in [6, 6.07) is 11.1. The Morgan fingerprint density at radius 3 is 2.62 bits per heavy atom. The van der Waals surface area contributed by atoms with Crippen molar-refractivity contribution >= 4 is 27.5 Å². The lowest BCUT2D eigenvalue weighted by atomic mass is 10.1. The van der Waals surface area contributed by atoms with E-state index in [1.54, 1.807) is 18.5 Å². The Hall–Kier alpha value is -2.47. The highest BCUT2D eigenvalue weighted by atomic mass is 79.9. The van der Waals surface area contributed by atoms with Gasteiger partial charge in [0.05, 0.1) is 11.3 Å². The number of nitrogens with zero attached hydrogens (tertiary/aromatic N) is 2. The molecule has 0 bridgehead atoms. The van der Waals surface area contributed by atoms with Crippen molar-refractivity contribution in [2.45, 2.75) is 0 Å². The molecule has 0 saturated carbocycles. The van der Waals surface area contributed by atoms with Gasteiger partial charge in [-0.3, -0.25) is 14.9 Å². The molecule has 2 N–H and O–H groups in total. The Bertz CT molecular complexity index is 754. The van der Waals surface area contributed by atoms with E-state index in [4.69, 9.17) is 0 Å². The molecule has 1 amide bonds. The zero-order valence-corrected chi connectivity index (χ0v) is 12.5. The topological polar surface area (TPSA) is 70.7 Å². The van der Waals surface area contributed by atoms with Crippen LogP contribution in [0.1, 0.15) is 10.4 Å². The van der Waals surface area contributed by atoms with Gasteiger partial charge in [-0.2, -0.15) is 5.10 Å². The van der Waals surface area contributed by atoms with Crippen LogP contribution in [-0.4, -0.2) is 21.1 Å². The standard InChI is InChI=1S/C15H11BrN4O/c16-12-7-11(8-17-9-12)15(21)19-13-3-1-10(2-4-13)14-5-6-18-20-14/h1-9H,(H,18,20)(H,19,21). The quantitative estimate of drug-likeness (QED) is 0.765. The van der Waals surface area contributed by atoms with Gasteiger partial charge >= 0.3 is 0 Å². The van der Waals surface area contributed by atoms with Gasteiger partial charge in [-0.25, -0.2) is 0 Å². The number of rotatable bonds is 3. The molecule has 0 radical (unpaired) electrons. The van der Waals surface area contributed by atoms with Gasteiger partial charge < -0.3 is 5.32 Å². The lowest BCUT2D eigenvalue weighted by Gasteiger charge is -2.06. The predicted octanol–water partition coefficient (Wildman–Crippen LogP) is 3.49. The number of benzene rings is 1. The second-order valence-corrected chi connectivity index (χ2v) is 5.31. The van der Waals surface area contributed by atoms with Gasteiger partial charge in [0.1, 0.15) is 0 Å². The minimum atomic E-state index is -0.196. The molecule has 3 rings (SSSR count). The molecule has 0 aliphatic heterocycles. The van der Waals surface area contributed by atoms with Crippen molar-refractivity contribution < 1.29 is 4.79 Å². The van der Waals surface area contributed by atoms with Gasteiger partial charge in [0, 0.05) is 28.8 Å². The Balaban J connectivity index is 1.75. The third-order valence-electron chi connectivity index (χ3n) is 2.92. The lowest BCUT2D eigenvalue weighted by molar-refractivity contribution is 0.102. The van der Waals surface area contributed by atoms with Crippen LogP contribution in [0.2, 0.25) is 0 Å². The van der Waals surface area contributed by atoms with Gasteiger partial charge in [-0.05, 0) is 45.8 Å². The number of pyridine rings is 1. The third-order valence-corrected chi connectivity index (χ3v) is 3.36. The summed E-state index contributed by atoms with van der Waals surface area (Å²) in [5, 5.41) is 9.64. The van der Waals surface area contributed by atoms with Gasteiger partial charge in [-0.1, -0.05) is 12.1 Å². The second-order valence-electron chi connectivity index (χ2n) is 4.39. The van der Waals surface area contributed by atoms with Crippen molar-refractivity contribution in [3.8, 4) is 11.3 Å². The van der Waals surface area contributed by atoms with Gasteiger partial charge in [0.2, 0.25) is 0 Å². The third kappa shape index (κ3) is 3.17. The molecule has 21 heavy (non-hydrogen) atoms. The van der Waals surface area contributed by atoms with E-state index in [1.165, 1.54) is 6.20 Å². The van der Waals surface area contributed by atoms with Crippen LogP contribution in [0.4, 0.5) is 5.69 Å². The summed E-state index contributed by atoms with van der Waals surface area (Å²) in [5.74, 6) is -0.196. The van der Waals surface area contributed by atoms with Crippen molar-refractivity contribution in [1.82, 2.24) is 15.2 Å². The summed E-state index contributed by atoms with van der Waals surface area (Å²) in [6.45, 7) is 0. The van der Waals surface area contributed by atoms with Crippen LogP contribution in [0, 0.1) is 0 Å². The molecule has 0 atom stereocenters. The average molecular weight is 343 g/mol. The molecule has 5 nitrogen and oxygen atoms in total. The Kier molecular flexibility index (Phi) is 3.79. The van der Waals surface area contributed by atoms with E-state index >= 15 is 0 Å². The molecule has 1 aromatic carbocycles. The number of anilines is 1. The highest BCUT2D eigenvalue weighted by molar-refractivity contribution is 9.10. The summed E-state index contributed by atoms with van der Waals surface area (Å²) in [7, 11) is 0. The van der Waals surface area contributed by atoms with Crippen LogP contribution in [-0.2, 0) is 0 Å². The fourth-order valence-electron chi connectivity index (χ4n) is 1.89. The summed E-state index contributed by atoms with van der Waals surface area (Å²) in [5.41, 5.74) is 3.17. The Labute approximate surface area is 129 Å². The van der Waals surface area contributed by atoms with Gasteiger partial charge in [-0.15, -0.1) is 0 Å². The molecule has 6 heteroatoms. The van der Waals surface area contributed by atoms with Gasteiger partial charge in [0.25, 0.3) is 5.91 Å². The molecular weight excluding hydrogens is 332 g/mol. The maximum absolute atomic E-state index is 12.1. The zero-order chi connectivity index (χ0) is 14.7. The minimum Gasteiger partial charge on any atom is -0.322 e. The van der Waals surface area contributed by atoms with E-state index in [-0.39, 0.29) is 5.91 Å². The Morgan fingerprint density at radius 2 is 1.95 bits per heavy atom. The van der Waals surface area contributed by atoms with Crippen LogP contribution >= 0.6 is 15.9 Å². The monoisotopic (exact) mass is 342 g/mol. The fourth-order valence-corrected chi connectivity index (χ4v) is 2.25. The van der Waals surface area contributed by atoms with Crippen molar-refractivity contribution in [2.24, 2.45) is 0 Å². The largest absolute Gasteiger partial charge is 0.322 e. The van der Waals surface area contributed by atoms with Crippen molar-refractivity contribution in [3.63, 3.8) is 0 Å². The minimum absolute atomic E-state index is 0.196. The number of halogens is 1. The van der Waals surface area contributed by atoms with E-state index in [9.17, 15) is 4.79 Å². The van der Waals surface area contributed by atoms with E-state index in [1.807, 2.05) is 30.3 Å². The normalized spacial score (nSPS) is 10.3. The molecule has 0 spiro atoms. The number of aromatic nitrogens is 3. The molecule has 0 aliphatic carbocycles. The summed E-state index contributed by atoms with van der Waals surface area (Å²) < 4.78 is 0.768. The first-order valence-corrected chi connectivity index (χ1v) is 7.03. The van der Waals surface area contributed by atoms with Crippen molar-refractivity contribution in [1.29, 1.82) is 0 Å². The molecule has 2 aromatic heterocycles. The Morgan fingerprint density at radius 1 is 1.14 bits per heavy atom. The number of carbonyl (C=O) groups excluding carboxylic acids is 1. The highest BCUT2D eigenvalue weighted by Gasteiger charge is 2.07. The molecule has 104 valence electrons. The number of hydrogen-bond donors (Lipinski definition) is 2. The van der Waals surface area contributed by atoms with Gasteiger partial charge in [0.15, 0.2) is 0 Å². The maximum atomic E-state index is 12.1. The van der Waals surface area contributed by atoms with E-state index in [2.05, 4.69) is 36.4 Å². The summed E-state index contributed by atoms with van der Waals surface area (Å²) in [6.07, 6.45) is 4.86. The van der Waals surface area contributed by atoms with Crippen LogP contribution in [0.3, 0.4) is 0 Å². The number of carbonyl (C=O) groups is 1. The molecule has 0 fully saturated rings. The van der Waals surface area contributed by atoms with Crippen molar-refractivity contribution in [2.75, 3.05) is 5.32 Å². The maximum Gasteiger partial charge on any atom is 0.257 e. The number of hydrogen-bond acceptors (Lipinski definition) is 3. The second kappa shape index (κ2) is 5.88. The van der Waals surface area contributed by atoms with Crippen LogP contribution in [0.5, 0.6) is 0 Å². The molecule has 0 saturated heterocycles. The average Bonchev–Trinajstić information content (AvgIpc) is 3.02. The smallest absolute Gasteiger partial charge is 0.257 e. The first kappa shape index (κ1) is 13.5. The SMILES string of the molecule is O=C(Nc1ccc(-c2ccn[nH]2)cc1)c1cncc(Br)c1. The molecule has 0 unspecified atom stereocenters. The predicted molar refractivity (Wildman–Crippen MR) is 83.9 cm³/mol. The first-order valence-electron chi connectivity index (χ1n) is 6.24. The molecule has 3 aromatic rings. The highest BCUT2D eigenvalue weighted by Crippen LogP contribution is 2.19. The zero-order valence-electron chi connectivity index (χ0n) is 10.9.